The largest absolute Gasteiger partial charge is 0.314 e. The summed E-state index contributed by atoms with van der Waals surface area (Å²) in [7, 11) is 0. The molecule has 1 aromatic carbocycles. The fourth-order valence-corrected chi connectivity index (χ4v) is 4.07. The number of rotatable bonds is 1. The molecule has 1 aromatic rings. The molecule has 2 fully saturated rings. The van der Waals surface area contributed by atoms with Crippen molar-refractivity contribution in [2.45, 2.75) is 31.3 Å². The highest BCUT2D eigenvalue weighted by Crippen LogP contribution is 2.41. The van der Waals surface area contributed by atoms with E-state index in [0.717, 1.165) is 31.6 Å². The normalized spacial score (nSPS) is 32.1. The third-order valence-corrected chi connectivity index (χ3v) is 4.85. The van der Waals surface area contributed by atoms with E-state index in [4.69, 9.17) is 0 Å². The molecular weight excluding hydrogens is 249 g/mol. The summed E-state index contributed by atoms with van der Waals surface area (Å²) in [6.07, 6.45) is 2.18. The summed E-state index contributed by atoms with van der Waals surface area (Å²) in [4.78, 5) is 0. The van der Waals surface area contributed by atoms with Gasteiger partial charge in [-0.2, -0.15) is 0 Å². The number of anilines is 1. The maximum Gasteiger partial charge on any atom is 0.125 e. The Kier molecular flexibility index (Phi) is 3.21. The Morgan fingerprint density at radius 3 is 3.17 bits per heavy atom. The van der Waals surface area contributed by atoms with Gasteiger partial charge in [-0.25, -0.2) is 9.11 Å². The lowest BCUT2D eigenvalue weighted by Crippen LogP contribution is -2.55. The van der Waals surface area contributed by atoms with Gasteiger partial charge in [0.05, 0.1) is 11.2 Å². The minimum absolute atomic E-state index is 0.114. The first-order valence-corrected chi connectivity index (χ1v) is 7.16. The van der Waals surface area contributed by atoms with E-state index in [1.165, 1.54) is 6.07 Å². The number of piperidine rings is 1. The van der Waals surface area contributed by atoms with Crippen molar-refractivity contribution in [3.05, 3.63) is 30.1 Å². The van der Waals surface area contributed by atoms with Crippen LogP contribution in [-0.2, 0) is 0 Å². The highest BCUT2D eigenvalue weighted by Gasteiger charge is 2.44. The van der Waals surface area contributed by atoms with Gasteiger partial charge in [0.25, 0.3) is 0 Å². The number of hydrogen-bond acceptors (Lipinski definition) is 4. The summed E-state index contributed by atoms with van der Waals surface area (Å²) in [6.45, 7) is 4.20. The predicted octanol–water partition coefficient (Wildman–Crippen LogP) is 2.31. The van der Waals surface area contributed by atoms with Gasteiger partial charge in [0.1, 0.15) is 5.82 Å². The van der Waals surface area contributed by atoms with Crippen LogP contribution in [0.3, 0.4) is 0 Å². The topological polar surface area (TPSA) is 27.3 Å². The fraction of sp³-hybridized carbons (Fsp3) is 0.538. The van der Waals surface area contributed by atoms with Crippen LogP contribution in [0.15, 0.2) is 24.3 Å². The van der Waals surface area contributed by atoms with Crippen LogP contribution in [0.25, 0.3) is 0 Å². The zero-order valence-electron chi connectivity index (χ0n) is 10.4. The molecule has 3 rings (SSSR count). The van der Waals surface area contributed by atoms with Crippen LogP contribution in [-0.4, -0.2) is 24.7 Å². The molecule has 2 aliphatic rings. The highest BCUT2D eigenvalue weighted by atomic mass is 32.2. The summed E-state index contributed by atoms with van der Waals surface area (Å²) in [5, 5.41) is 3.48. The smallest absolute Gasteiger partial charge is 0.125 e. The van der Waals surface area contributed by atoms with Crippen molar-refractivity contribution in [1.29, 1.82) is 0 Å². The molecule has 0 unspecified atom stereocenters. The predicted molar refractivity (Wildman–Crippen MR) is 73.9 cm³/mol. The molecule has 2 saturated heterocycles. The summed E-state index contributed by atoms with van der Waals surface area (Å²) >= 11 is 1.60. The van der Waals surface area contributed by atoms with Gasteiger partial charge in [0.15, 0.2) is 0 Å². The van der Waals surface area contributed by atoms with Crippen LogP contribution in [0.4, 0.5) is 10.1 Å². The van der Waals surface area contributed by atoms with Crippen molar-refractivity contribution in [3.8, 4) is 0 Å². The van der Waals surface area contributed by atoms with Crippen LogP contribution in [0, 0.1) is 5.82 Å². The van der Waals surface area contributed by atoms with Crippen molar-refractivity contribution < 1.29 is 4.39 Å². The van der Waals surface area contributed by atoms with Crippen molar-refractivity contribution in [2.24, 2.45) is 0 Å². The van der Waals surface area contributed by atoms with Gasteiger partial charge in [-0.3, -0.25) is 4.31 Å². The maximum atomic E-state index is 13.4. The van der Waals surface area contributed by atoms with E-state index in [-0.39, 0.29) is 11.4 Å². The lowest BCUT2D eigenvalue weighted by atomic mass is 9.84. The van der Waals surface area contributed by atoms with E-state index in [2.05, 4.69) is 21.3 Å². The molecule has 3 nitrogen and oxygen atoms in total. The molecule has 2 aliphatic heterocycles. The van der Waals surface area contributed by atoms with Crippen molar-refractivity contribution in [1.82, 2.24) is 10.0 Å². The monoisotopic (exact) mass is 267 g/mol. The first-order valence-electron chi connectivity index (χ1n) is 6.39. The second-order valence-corrected chi connectivity index (χ2v) is 6.06. The van der Waals surface area contributed by atoms with Crippen LogP contribution >= 0.6 is 12.1 Å². The molecule has 0 radical (unpaired) electrons. The molecule has 2 N–H and O–H groups in total. The van der Waals surface area contributed by atoms with Crippen molar-refractivity contribution in [2.75, 3.05) is 17.4 Å². The second-order valence-electron chi connectivity index (χ2n) is 5.22. The molecule has 2 heterocycles. The standard InChI is InChI=1S/C13H18FN3S/c1-10-8-13(5-6-15-10)9-16-18-17(13)12-4-2-3-11(14)7-12/h2-4,7,10,15-16H,5-6,8-9H2,1H3/t10-,13+/m0/s1. The quantitative estimate of drug-likeness (QED) is 0.764. The number of nitrogens with zero attached hydrogens (tertiary/aromatic N) is 1. The molecule has 5 heteroatoms. The van der Waals surface area contributed by atoms with Gasteiger partial charge in [0.2, 0.25) is 0 Å². The van der Waals surface area contributed by atoms with Gasteiger partial charge < -0.3 is 5.32 Å². The van der Waals surface area contributed by atoms with Crippen LogP contribution in [0.2, 0.25) is 0 Å². The van der Waals surface area contributed by atoms with Crippen molar-refractivity contribution in [3.63, 3.8) is 0 Å². The van der Waals surface area contributed by atoms with Gasteiger partial charge in [-0.1, -0.05) is 6.07 Å². The summed E-state index contributed by atoms with van der Waals surface area (Å²) in [5.41, 5.74) is 1.07. The molecule has 98 valence electrons. The fourth-order valence-electron chi connectivity index (χ4n) is 2.97. The van der Waals surface area contributed by atoms with Gasteiger partial charge in [0, 0.05) is 24.7 Å². The Bertz CT molecular complexity index is 442. The molecule has 0 amide bonds. The van der Waals surface area contributed by atoms with E-state index >= 15 is 0 Å². The molecule has 0 aliphatic carbocycles. The summed E-state index contributed by atoms with van der Waals surface area (Å²) in [6, 6.07) is 7.39. The Balaban J connectivity index is 1.91. The molecule has 1 spiro atoms. The van der Waals surface area contributed by atoms with Gasteiger partial charge in [-0.05, 0) is 44.5 Å². The number of benzene rings is 1. The lowest BCUT2D eigenvalue weighted by Gasteiger charge is -2.43. The first kappa shape index (κ1) is 12.3. The molecule has 2 atom stereocenters. The molecule has 0 bridgehead atoms. The van der Waals surface area contributed by atoms with Crippen molar-refractivity contribution >= 4 is 17.8 Å². The molecule has 18 heavy (non-hydrogen) atoms. The molecule has 0 aromatic heterocycles. The van der Waals surface area contributed by atoms with Crippen LogP contribution in [0.5, 0.6) is 0 Å². The average molecular weight is 267 g/mol. The van der Waals surface area contributed by atoms with E-state index in [0.29, 0.717) is 6.04 Å². The summed E-state index contributed by atoms with van der Waals surface area (Å²) < 4.78 is 19.0. The number of hydrogen-bond donors (Lipinski definition) is 2. The van der Waals surface area contributed by atoms with E-state index in [1.807, 2.05) is 6.07 Å². The average Bonchev–Trinajstić information content (AvgIpc) is 2.72. The zero-order chi connectivity index (χ0) is 12.6. The third-order valence-electron chi connectivity index (χ3n) is 3.80. The first-order chi connectivity index (χ1) is 8.70. The van der Waals surface area contributed by atoms with Gasteiger partial charge >= 0.3 is 0 Å². The molecular formula is C13H18FN3S. The van der Waals surface area contributed by atoms with E-state index < -0.39 is 0 Å². The van der Waals surface area contributed by atoms with E-state index in [9.17, 15) is 4.39 Å². The Morgan fingerprint density at radius 1 is 1.50 bits per heavy atom. The SMILES string of the molecule is C[C@H]1C[C@]2(CCN1)CNSN2c1cccc(F)c1. The second kappa shape index (κ2) is 4.72. The third kappa shape index (κ3) is 2.11. The zero-order valence-corrected chi connectivity index (χ0v) is 11.3. The summed E-state index contributed by atoms with van der Waals surface area (Å²) in [5.74, 6) is -0.169. The Hall–Kier alpha value is -0.780. The van der Waals surface area contributed by atoms with Gasteiger partial charge in [-0.15, -0.1) is 0 Å². The minimum Gasteiger partial charge on any atom is -0.314 e. The van der Waals surface area contributed by atoms with E-state index in [1.54, 1.807) is 24.3 Å². The maximum absolute atomic E-state index is 13.4. The Labute approximate surface area is 111 Å². The highest BCUT2D eigenvalue weighted by molar-refractivity contribution is 7.99. The molecule has 0 saturated carbocycles. The minimum atomic E-state index is -0.169. The number of halogens is 1. The van der Waals surface area contributed by atoms with Crippen LogP contribution < -0.4 is 14.3 Å². The lowest BCUT2D eigenvalue weighted by molar-refractivity contribution is 0.283. The number of nitrogens with one attached hydrogen (secondary N) is 2. The van der Waals surface area contributed by atoms with Crippen LogP contribution in [0.1, 0.15) is 19.8 Å². The Morgan fingerprint density at radius 2 is 2.39 bits per heavy atom.